The summed E-state index contributed by atoms with van der Waals surface area (Å²) in [5.41, 5.74) is 1.67. The van der Waals surface area contributed by atoms with Crippen LogP contribution in [0.25, 0.3) is 0 Å². The third kappa shape index (κ3) is 6.60. The molecule has 1 unspecified atom stereocenters. The zero-order valence-electron chi connectivity index (χ0n) is 17.6. The van der Waals surface area contributed by atoms with Crippen LogP contribution in [0.5, 0.6) is 0 Å². The fourth-order valence-electron chi connectivity index (χ4n) is 3.65. The Hall–Kier alpha value is -2.28. The molecule has 0 bridgehead atoms. The number of benzene rings is 2. The van der Waals surface area contributed by atoms with Crippen molar-refractivity contribution in [2.75, 3.05) is 31.5 Å². The summed E-state index contributed by atoms with van der Waals surface area (Å²) in [6.45, 7) is 5.78. The van der Waals surface area contributed by atoms with Crippen LogP contribution >= 0.6 is 23.2 Å². The lowest BCUT2D eigenvalue weighted by molar-refractivity contribution is -0.135. The van der Waals surface area contributed by atoms with Gasteiger partial charge < -0.3 is 15.5 Å². The van der Waals surface area contributed by atoms with Crippen LogP contribution in [0.3, 0.4) is 0 Å². The quantitative estimate of drug-likeness (QED) is 0.630. The molecule has 3 amide bonds. The van der Waals surface area contributed by atoms with E-state index in [2.05, 4.69) is 27.7 Å². The second-order valence-corrected chi connectivity index (χ2v) is 8.41. The van der Waals surface area contributed by atoms with Crippen molar-refractivity contribution in [3.8, 4) is 0 Å². The van der Waals surface area contributed by atoms with E-state index < -0.39 is 12.1 Å². The number of carbonyl (C=O) groups excluding carboxylic acids is 2. The molecule has 31 heavy (non-hydrogen) atoms. The fourth-order valence-corrected chi connectivity index (χ4v) is 4.00. The Morgan fingerprint density at radius 2 is 1.71 bits per heavy atom. The number of hydrogen-bond donors (Lipinski definition) is 2. The number of carbonyl (C=O) groups is 2. The lowest BCUT2D eigenvalue weighted by Crippen LogP contribution is -2.55. The monoisotopic (exact) mass is 462 g/mol. The van der Waals surface area contributed by atoms with Gasteiger partial charge in [-0.2, -0.15) is 0 Å². The Bertz CT molecular complexity index is 886. The number of amides is 3. The molecule has 166 valence electrons. The van der Waals surface area contributed by atoms with Gasteiger partial charge in [-0.1, -0.05) is 72.9 Å². The normalized spacial score (nSPS) is 15.4. The van der Waals surface area contributed by atoms with E-state index in [1.165, 1.54) is 5.56 Å². The molecule has 0 aliphatic carbocycles. The van der Waals surface area contributed by atoms with Gasteiger partial charge in [0.15, 0.2) is 0 Å². The van der Waals surface area contributed by atoms with Gasteiger partial charge in [0.2, 0.25) is 5.91 Å². The molecule has 1 saturated heterocycles. The molecule has 6 nitrogen and oxygen atoms in total. The Morgan fingerprint density at radius 1 is 1.00 bits per heavy atom. The Labute approximate surface area is 193 Å². The maximum Gasteiger partial charge on any atom is 0.319 e. The average molecular weight is 463 g/mol. The highest BCUT2D eigenvalue weighted by atomic mass is 35.5. The number of rotatable bonds is 7. The SMILES string of the molecule is CCCC(NC(=O)Nc1cccc(Cl)c1Cl)C(=O)N1CCN(Cc2ccccc2)CC1. The molecule has 3 rings (SSSR count). The minimum absolute atomic E-state index is 0.0476. The van der Waals surface area contributed by atoms with Gasteiger partial charge in [0.1, 0.15) is 6.04 Å². The summed E-state index contributed by atoms with van der Waals surface area (Å²) < 4.78 is 0. The van der Waals surface area contributed by atoms with Crippen LogP contribution in [0.1, 0.15) is 25.3 Å². The molecule has 0 radical (unpaired) electrons. The molecule has 1 aliphatic heterocycles. The number of nitrogens with zero attached hydrogens (tertiary/aromatic N) is 2. The van der Waals surface area contributed by atoms with Crippen LogP contribution in [0.2, 0.25) is 10.0 Å². The number of urea groups is 1. The Kier molecular flexibility index (Phi) is 8.58. The predicted octanol–water partition coefficient (Wildman–Crippen LogP) is 4.63. The molecule has 2 N–H and O–H groups in total. The highest BCUT2D eigenvalue weighted by Crippen LogP contribution is 2.29. The second-order valence-electron chi connectivity index (χ2n) is 7.63. The van der Waals surface area contributed by atoms with E-state index in [-0.39, 0.29) is 10.9 Å². The third-order valence-corrected chi connectivity index (χ3v) is 6.13. The van der Waals surface area contributed by atoms with E-state index in [1.807, 2.05) is 30.0 Å². The summed E-state index contributed by atoms with van der Waals surface area (Å²) in [7, 11) is 0. The first-order chi connectivity index (χ1) is 15.0. The lowest BCUT2D eigenvalue weighted by Gasteiger charge is -2.36. The zero-order chi connectivity index (χ0) is 22.2. The van der Waals surface area contributed by atoms with Gasteiger partial charge in [-0.05, 0) is 24.1 Å². The molecule has 1 atom stereocenters. The summed E-state index contributed by atoms with van der Waals surface area (Å²) in [4.78, 5) is 29.8. The Morgan fingerprint density at radius 3 is 2.39 bits per heavy atom. The average Bonchev–Trinajstić information content (AvgIpc) is 2.77. The van der Waals surface area contributed by atoms with Crippen molar-refractivity contribution in [1.29, 1.82) is 0 Å². The zero-order valence-corrected chi connectivity index (χ0v) is 19.1. The second kappa shape index (κ2) is 11.4. The first kappa shape index (κ1) is 23.4. The summed E-state index contributed by atoms with van der Waals surface area (Å²) in [5, 5.41) is 6.12. The maximum atomic E-state index is 13.1. The predicted molar refractivity (Wildman–Crippen MR) is 126 cm³/mol. The summed E-state index contributed by atoms with van der Waals surface area (Å²) in [6.07, 6.45) is 1.35. The standard InChI is InChI=1S/C23H28Cl2N4O2/c1-2-7-20(27-23(31)26-19-11-6-10-18(24)21(19)25)22(30)29-14-12-28(13-15-29)16-17-8-4-3-5-9-17/h3-6,8-11,20H,2,7,12-16H2,1H3,(H2,26,27,31). The molecule has 1 heterocycles. The van der Waals surface area contributed by atoms with Crippen LogP contribution in [-0.4, -0.2) is 54.0 Å². The van der Waals surface area contributed by atoms with Gasteiger partial charge in [0.05, 0.1) is 15.7 Å². The van der Waals surface area contributed by atoms with Crippen molar-refractivity contribution in [3.05, 3.63) is 64.1 Å². The van der Waals surface area contributed by atoms with Gasteiger partial charge in [0.25, 0.3) is 0 Å². The van der Waals surface area contributed by atoms with Crippen molar-refractivity contribution in [1.82, 2.24) is 15.1 Å². The minimum Gasteiger partial charge on any atom is -0.338 e. The molecule has 1 aliphatic rings. The summed E-state index contributed by atoms with van der Waals surface area (Å²) in [5.74, 6) is -0.0476. The topological polar surface area (TPSA) is 64.7 Å². The van der Waals surface area contributed by atoms with Crippen molar-refractivity contribution in [3.63, 3.8) is 0 Å². The number of hydrogen-bond acceptors (Lipinski definition) is 3. The highest BCUT2D eigenvalue weighted by Gasteiger charge is 2.28. The molecule has 8 heteroatoms. The van der Waals surface area contributed by atoms with Gasteiger partial charge in [0, 0.05) is 32.7 Å². The van der Waals surface area contributed by atoms with Crippen molar-refractivity contribution in [2.24, 2.45) is 0 Å². The lowest BCUT2D eigenvalue weighted by atomic mass is 10.1. The smallest absolute Gasteiger partial charge is 0.319 e. The van der Waals surface area contributed by atoms with Crippen LogP contribution in [-0.2, 0) is 11.3 Å². The summed E-state index contributed by atoms with van der Waals surface area (Å²) >= 11 is 12.1. The van der Waals surface area contributed by atoms with Crippen LogP contribution in [0.4, 0.5) is 10.5 Å². The molecular weight excluding hydrogens is 435 g/mol. The first-order valence-corrected chi connectivity index (χ1v) is 11.3. The van der Waals surface area contributed by atoms with E-state index in [4.69, 9.17) is 23.2 Å². The molecule has 2 aromatic rings. The number of anilines is 1. The largest absolute Gasteiger partial charge is 0.338 e. The van der Waals surface area contributed by atoms with E-state index in [1.54, 1.807) is 18.2 Å². The molecule has 0 spiro atoms. The van der Waals surface area contributed by atoms with Gasteiger partial charge in [-0.15, -0.1) is 0 Å². The molecular formula is C23H28Cl2N4O2. The van der Waals surface area contributed by atoms with E-state index in [0.717, 1.165) is 26.1 Å². The van der Waals surface area contributed by atoms with Crippen molar-refractivity contribution in [2.45, 2.75) is 32.4 Å². The number of halogens is 2. The van der Waals surface area contributed by atoms with Gasteiger partial charge in [-0.25, -0.2) is 4.79 Å². The van der Waals surface area contributed by atoms with E-state index in [0.29, 0.717) is 30.2 Å². The third-order valence-electron chi connectivity index (χ3n) is 5.31. The fraction of sp³-hybridized carbons (Fsp3) is 0.391. The molecule has 1 fully saturated rings. The van der Waals surface area contributed by atoms with Crippen molar-refractivity contribution >= 4 is 40.8 Å². The van der Waals surface area contributed by atoms with Gasteiger partial charge >= 0.3 is 6.03 Å². The highest BCUT2D eigenvalue weighted by molar-refractivity contribution is 6.43. The van der Waals surface area contributed by atoms with E-state index >= 15 is 0 Å². The molecule has 0 aromatic heterocycles. The van der Waals surface area contributed by atoms with Crippen LogP contribution in [0.15, 0.2) is 48.5 Å². The minimum atomic E-state index is -0.580. The maximum absolute atomic E-state index is 13.1. The van der Waals surface area contributed by atoms with Gasteiger partial charge in [-0.3, -0.25) is 9.69 Å². The molecule has 2 aromatic carbocycles. The van der Waals surface area contributed by atoms with Crippen molar-refractivity contribution < 1.29 is 9.59 Å². The van der Waals surface area contributed by atoms with E-state index in [9.17, 15) is 9.59 Å². The molecule has 0 saturated carbocycles. The summed E-state index contributed by atoms with van der Waals surface area (Å²) in [6, 6.07) is 14.3. The Balaban J connectivity index is 1.54. The van der Waals surface area contributed by atoms with Crippen LogP contribution < -0.4 is 10.6 Å². The number of nitrogens with one attached hydrogen (secondary N) is 2. The number of piperazine rings is 1. The first-order valence-electron chi connectivity index (χ1n) is 10.5. The van der Waals surface area contributed by atoms with Crippen LogP contribution in [0, 0.1) is 0 Å².